The average molecular weight is 251 g/mol. The number of aromatic nitrogens is 2. The molecule has 0 aliphatic heterocycles. The molecule has 1 N–H and O–H groups in total. The fourth-order valence-electron chi connectivity index (χ4n) is 1.82. The van der Waals surface area contributed by atoms with Gasteiger partial charge in [0.25, 0.3) is 0 Å². The van der Waals surface area contributed by atoms with Crippen LogP contribution in [0, 0.1) is 4.77 Å². The minimum atomic E-state index is 0.678. The Kier molecular flexibility index (Phi) is 3.38. The SMILES string of the molecule is CCCOc1cccc2c1[nH]c(=S)n2N(C)C. The second-order valence-corrected chi connectivity index (χ2v) is 4.47. The Balaban J connectivity index is 2.59. The largest absolute Gasteiger partial charge is 0.491 e. The van der Waals surface area contributed by atoms with E-state index < -0.39 is 0 Å². The van der Waals surface area contributed by atoms with Gasteiger partial charge >= 0.3 is 0 Å². The Bertz CT molecular complexity index is 571. The molecule has 0 atom stereocenters. The lowest BCUT2D eigenvalue weighted by Gasteiger charge is -2.14. The molecule has 0 aliphatic rings. The number of nitrogens with one attached hydrogen (secondary N) is 1. The van der Waals surface area contributed by atoms with Crippen LogP contribution in [0.4, 0.5) is 0 Å². The summed E-state index contributed by atoms with van der Waals surface area (Å²) in [5.41, 5.74) is 1.99. The highest BCUT2D eigenvalue weighted by molar-refractivity contribution is 7.71. The lowest BCUT2D eigenvalue weighted by Crippen LogP contribution is -2.24. The van der Waals surface area contributed by atoms with Gasteiger partial charge < -0.3 is 14.7 Å². The van der Waals surface area contributed by atoms with Crippen LogP contribution in [0.15, 0.2) is 18.2 Å². The zero-order chi connectivity index (χ0) is 12.4. The first kappa shape index (κ1) is 12.0. The molecule has 4 nitrogen and oxygen atoms in total. The van der Waals surface area contributed by atoms with Gasteiger partial charge in [0.05, 0.1) is 12.1 Å². The molecule has 5 heteroatoms. The Morgan fingerprint density at radius 2 is 2.18 bits per heavy atom. The van der Waals surface area contributed by atoms with Gasteiger partial charge in [0.1, 0.15) is 11.3 Å². The number of hydrogen-bond donors (Lipinski definition) is 1. The van der Waals surface area contributed by atoms with E-state index in [1.807, 2.05) is 42.0 Å². The smallest absolute Gasteiger partial charge is 0.197 e. The molecule has 1 aromatic carbocycles. The predicted molar refractivity (Wildman–Crippen MR) is 73.0 cm³/mol. The number of hydrogen-bond acceptors (Lipinski definition) is 3. The Morgan fingerprint density at radius 3 is 2.82 bits per heavy atom. The highest BCUT2D eigenvalue weighted by Gasteiger charge is 2.09. The summed E-state index contributed by atoms with van der Waals surface area (Å²) in [5, 5.41) is 1.95. The van der Waals surface area contributed by atoms with Crippen LogP contribution in [0.25, 0.3) is 11.0 Å². The number of aromatic amines is 1. The summed E-state index contributed by atoms with van der Waals surface area (Å²) in [6.45, 7) is 2.81. The van der Waals surface area contributed by atoms with Gasteiger partial charge in [-0.05, 0) is 30.8 Å². The molecule has 0 radical (unpaired) electrons. The molecular formula is C12H17N3OS. The molecule has 0 bridgehead atoms. The van der Waals surface area contributed by atoms with Crippen molar-refractivity contribution < 1.29 is 4.74 Å². The molecular weight excluding hydrogens is 234 g/mol. The van der Waals surface area contributed by atoms with E-state index in [0.717, 1.165) is 23.2 Å². The number of nitrogens with zero attached hydrogens (tertiary/aromatic N) is 2. The Labute approximate surface area is 106 Å². The summed E-state index contributed by atoms with van der Waals surface area (Å²) in [5.74, 6) is 0.857. The highest BCUT2D eigenvalue weighted by Crippen LogP contribution is 2.24. The molecule has 0 aliphatic carbocycles. The van der Waals surface area contributed by atoms with Crippen LogP contribution in [0.5, 0.6) is 5.75 Å². The van der Waals surface area contributed by atoms with E-state index in [1.165, 1.54) is 0 Å². The van der Waals surface area contributed by atoms with E-state index in [1.54, 1.807) is 0 Å². The molecule has 0 spiro atoms. The third-order valence-electron chi connectivity index (χ3n) is 2.52. The number of para-hydroxylation sites is 1. The van der Waals surface area contributed by atoms with Crippen molar-refractivity contribution in [3.05, 3.63) is 23.0 Å². The highest BCUT2D eigenvalue weighted by atomic mass is 32.1. The molecule has 2 aromatic rings. The third-order valence-corrected chi connectivity index (χ3v) is 2.79. The van der Waals surface area contributed by atoms with Crippen LogP contribution in [0.2, 0.25) is 0 Å². The number of benzene rings is 1. The molecule has 0 saturated heterocycles. The van der Waals surface area contributed by atoms with Crippen molar-refractivity contribution in [3.8, 4) is 5.75 Å². The fraction of sp³-hybridized carbons (Fsp3) is 0.417. The average Bonchev–Trinajstić information content (AvgIpc) is 2.62. The number of rotatable bonds is 4. The Hall–Kier alpha value is -1.49. The lowest BCUT2D eigenvalue weighted by atomic mass is 10.3. The predicted octanol–water partition coefficient (Wildman–Crippen LogP) is 2.69. The van der Waals surface area contributed by atoms with E-state index in [4.69, 9.17) is 17.0 Å². The monoisotopic (exact) mass is 251 g/mol. The van der Waals surface area contributed by atoms with Crippen molar-refractivity contribution in [3.63, 3.8) is 0 Å². The lowest BCUT2D eigenvalue weighted by molar-refractivity contribution is 0.320. The van der Waals surface area contributed by atoms with Crippen LogP contribution in [-0.4, -0.2) is 30.4 Å². The van der Waals surface area contributed by atoms with Gasteiger partial charge in [-0.3, -0.25) is 0 Å². The summed E-state index contributed by atoms with van der Waals surface area (Å²) < 4.78 is 8.33. The van der Waals surface area contributed by atoms with Crippen molar-refractivity contribution in [1.29, 1.82) is 0 Å². The second-order valence-electron chi connectivity index (χ2n) is 4.09. The molecule has 92 valence electrons. The maximum Gasteiger partial charge on any atom is 0.197 e. The molecule has 1 aromatic heterocycles. The quantitative estimate of drug-likeness (QED) is 0.848. The van der Waals surface area contributed by atoms with Gasteiger partial charge in [-0.2, -0.15) is 0 Å². The van der Waals surface area contributed by atoms with E-state index >= 15 is 0 Å². The van der Waals surface area contributed by atoms with Crippen molar-refractivity contribution in [2.75, 3.05) is 25.7 Å². The standard InChI is InChI=1S/C12H17N3OS/c1-4-8-16-10-7-5-6-9-11(10)13-12(17)15(9)14(2)3/h5-7H,4,8H2,1-3H3,(H,13,17). The fourth-order valence-corrected chi connectivity index (χ4v) is 2.18. The summed E-state index contributed by atoms with van der Waals surface area (Å²) >= 11 is 5.31. The molecule has 0 amide bonds. The minimum absolute atomic E-state index is 0.678. The van der Waals surface area contributed by atoms with Crippen molar-refractivity contribution >= 4 is 23.3 Å². The van der Waals surface area contributed by atoms with Crippen LogP contribution in [-0.2, 0) is 0 Å². The maximum atomic E-state index is 5.71. The van der Waals surface area contributed by atoms with E-state index in [-0.39, 0.29) is 0 Å². The first-order valence-corrected chi connectivity index (χ1v) is 6.10. The number of fused-ring (bicyclic) bond motifs is 1. The third kappa shape index (κ3) is 2.15. The topological polar surface area (TPSA) is 33.2 Å². The van der Waals surface area contributed by atoms with Crippen LogP contribution >= 0.6 is 12.2 Å². The summed E-state index contributed by atoms with van der Waals surface area (Å²) in [6.07, 6.45) is 0.992. The number of imidazole rings is 1. The minimum Gasteiger partial charge on any atom is -0.491 e. The van der Waals surface area contributed by atoms with E-state index in [9.17, 15) is 0 Å². The van der Waals surface area contributed by atoms with Crippen LogP contribution in [0.1, 0.15) is 13.3 Å². The normalized spacial score (nSPS) is 10.8. The summed E-state index contributed by atoms with van der Waals surface area (Å²) in [6, 6.07) is 5.97. The summed E-state index contributed by atoms with van der Waals surface area (Å²) in [4.78, 5) is 3.20. The van der Waals surface area contributed by atoms with E-state index in [0.29, 0.717) is 11.4 Å². The van der Waals surface area contributed by atoms with Crippen molar-refractivity contribution in [1.82, 2.24) is 9.66 Å². The first-order chi connectivity index (χ1) is 8.15. The first-order valence-electron chi connectivity index (χ1n) is 5.69. The maximum absolute atomic E-state index is 5.71. The van der Waals surface area contributed by atoms with Gasteiger partial charge in [-0.1, -0.05) is 13.0 Å². The van der Waals surface area contributed by atoms with Crippen LogP contribution in [0.3, 0.4) is 0 Å². The zero-order valence-corrected chi connectivity index (χ0v) is 11.2. The van der Waals surface area contributed by atoms with Gasteiger partial charge in [0.15, 0.2) is 4.77 Å². The number of H-pyrrole nitrogens is 1. The van der Waals surface area contributed by atoms with Gasteiger partial charge in [0.2, 0.25) is 0 Å². The summed E-state index contributed by atoms with van der Waals surface area (Å²) in [7, 11) is 3.92. The van der Waals surface area contributed by atoms with Gasteiger partial charge in [-0.15, -0.1) is 0 Å². The molecule has 1 heterocycles. The van der Waals surface area contributed by atoms with Gasteiger partial charge in [-0.25, -0.2) is 4.68 Å². The molecule has 17 heavy (non-hydrogen) atoms. The van der Waals surface area contributed by atoms with Gasteiger partial charge in [0, 0.05) is 14.1 Å². The van der Waals surface area contributed by atoms with E-state index in [2.05, 4.69) is 11.9 Å². The molecule has 0 unspecified atom stereocenters. The van der Waals surface area contributed by atoms with Crippen molar-refractivity contribution in [2.24, 2.45) is 0 Å². The van der Waals surface area contributed by atoms with Crippen LogP contribution < -0.4 is 9.75 Å². The molecule has 0 fully saturated rings. The zero-order valence-electron chi connectivity index (χ0n) is 10.4. The van der Waals surface area contributed by atoms with Crippen molar-refractivity contribution in [2.45, 2.75) is 13.3 Å². The molecule has 2 rings (SSSR count). The molecule has 0 saturated carbocycles. The second kappa shape index (κ2) is 4.79. The Morgan fingerprint density at radius 1 is 1.41 bits per heavy atom. The number of ether oxygens (including phenoxy) is 1.